The number of nitrogens with one attached hydrogen (secondary N) is 2. The van der Waals surface area contributed by atoms with Crippen LogP contribution in [0.4, 0.5) is 5.95 Å². The van der Waals surface area contributed by atoms with Crippen LogP contribution in [0, 0.1) is 6.92 Å². The first kappa shape index (κ1) is 13.1. The number of anilines is 1. The summed E-state index contributed by atoms with van der Waals surface area (Å²) in [7, 11) is 0. The van der Waals surface area contributed by atoms with Crippen LogP contribution in [-0.2, 0) is 6.42 Å². The predicted molar refractivity (Wildman–Crippen MR) is 80.0 cm³/mol. The molecule has 106 valence electrons. The lowest BCUT2D eigenvalue weighted by Gasteiger charge is -2.30. The second-order valence-electron chi connectivity index (χ2n) is 5.55. The molecule has 1 fully saturated rings. The van der Waals surface area contributed by atoms with Gasteiger partial charge in [0, 0.05) is 32.1 Å². The molecule has 5 nitrogen and oxygen atoms in total. The summed E-state index contributed by atoms with van der Waals surface area (Å²) < 4.78 is 0. The zero-order chi connectivity index (χ0) is 13.9. The highest BCUT2D eigenvalue weighted by molar-refractivity contribution is 5.31. The molecule has 0 spiro atoms. The molecular formula is C15H21N5. The molecule has 20 heavy (non-hydrogen) atoms. The third-order valence-electron chi connectivity index (χ3n) is 3.66. The van der Waals surface area contributed by atoms with E-state index in [1.54, 1.807) is 0 Å². The molecule has 0 bridgehead atoms. The molecule has 1 aromatic carbocycles. The Bertz CT molecular complexity index is 560. The van der Waals surface area contributed by atoms with Crippen LogP contribution in [0.5, 0.6) is 0 Å². The smallest absolute Gasteiger partial charge is 0.244 e. The maximum atomic E-state index is 4.62. The van der Waals surface area contributed by atoms with E-state index < -0.39 is 0 Å². The number of hydrogen-bond acceptors (Lipinski definition) is 4. The summed E-state index contributed by atoms with van der Waals surface area (Å²) in [5.74, 6) is 1.75. The second-order valence-corrected chi connectivity index (χ2v) is 5.55. The molecule has 0 radical (unpaired) electrons. The molecule has 0 aliphatic carbocycles. The topological polar surface area (TPSA) is 56.8 Å². The fourth-order valence-electron chi connectivity index (χ4n) is 2.52. The predicted octanol–water partition coefficient (Wildman–Crippen LogP) is 1.50. The first-order chi connectivity index (χ1) is 9.70. The van der Waals surface area contributed by atoms with Gasteiger partial charge in [-0.25, -0.2) is 0 Å². The minimum Gasteiger partial charge on any atom is -0.337 e. The molecule has 2 heterocycles. The normalized spacial score (nSPS) is 19.3. The van der Waals surface area contributed by atoms with E-state index in [1.807, 2.05) is 0 Å². The summed E-state index contributed by atoms with van der Waals surface area (Å²) in [5.41, 5.74) is 2.54. The summed E-state index contributed by atoms with van der Waals surface area (Å²) in [6.45, 7) is 7.20. The van der Waals surface area contributed by atoms with Gasteiger partial charge in [0.25, 0.3) is 0 Å². The Kier molecular flexibility index (Phi) is 3.69. The van der Waals surface area contributed by atoms with Crippen LogP contribution in [0.3, 0.4) is 0 Å². The first-order valence-electron chi connectivity index (χ1n) is 7.16. The summed E-state index contributed by atoms with van der Waals surface area (Å²) in [6.07, 6.45) is 0.801. The molecule has 5 heteroatoms. The molecule has 1 aliphatic heterocycles. The quantitative estimate of drug-likeness (QED) is 0.888. The summed E-state index contributed by atoms with van der Waals surface area (Å²) in [6, 6.07) is 9.03. The average molecular weight is 271 g/mol. The highest BCUT2D eigenvalue weighted by Crippen LogP contribution is 2.13. The molecule has 1 aromatic heterocycles. The van der Waals surface area contributed by atoms with Gasteiger partial charge in [-0.2, -0.15) is 4.98 Å². The van der Waals surface area contributed by atoms with Crippen molar-refractivity contribution in [1.29, 1.82) is 0 Å². The SMILES string of the molecule is Cc1ccc(Cc2nc(N3CCNC(C)C3)n[nH]2)cc1. The highest BCUT2D eigenvalue weighted by Gasteiger charge is 2.19. The third-order valence-corrected chi connectivity index (χ3v) is 3.66. The molecule has 2 N–H and O–H groups in total. The van der Waals surface area contributed by atoms with Gasteiger partial charge in [-0.15, -0.1) is 5.10 Å². The van der Waals surface area contributed by atoms with Crippen molar-refractivity contribution in [2.45, 2.75) is 26.3 Å². The number of benzene rings is 1. The van der Waals surface area contributed by atoms with E-state index in [0.717, 1.165) is 37.8 Å². The van der Waals surface area contributed by atoms with Gasteiger partial charge in [-0.05, 0) is 19.4 Å². The minimum atomic E-state index is 0.489. The number of aryl methyl sites for hydroxylation is 1. The fourth-order valence-corrected chi connectivity index (χ4v) is 2.52. The molecule has 1 atom stereocenters. The van der Waals surface area contributed by atoms with Crippen molar-refractivity contribution in [2.75, 3.05) is 24.5 Å². The van der Waals surface area contributed by atoms with Crippen LogP contribution in [-0.4, -0.2) is 40.9 Å². The Morgan fingerprint density at radius 2 is 2.10 bits per heavy atom. The zero-order valence-electron chi connectivity index (χ0n) is 12.1. The van der Waals surface area contributed by atoms with Crippen molar-refractivity contribution < 1.29 is 0 Å². The van der Waals surface area contributed by atoms with Gasteiger partial charge in [0.2, 0.25) is 5.95 Å². The van der Waals surface area contributed by atoms with Crippen molar-refractivity contribution in [3.63, 3.8) is 0 Å². The lowest BCUT2D eigenvalue weighted by atomic mass is 10.1. The van der Waals surface area contributed by atoms with Crippen LogP contribution in [0.25, 0.3) is 0 Å². The summed E-state index contributed by atoms with van der Waals surface area (Å²) in [4.78, 5) is 6.85. The maximum absolute atomic E-state index is 4.62. The van der Waals surface area contributed by atoms with E-state index in [2.05, 4.69) is 63.5 Å². The lowest BCUT2D eigenvalue weighted by molar-refractivity contribution is 0.480. The van der Waals surface area contributed by atoms with Crippen LogP contribution < -0.4 is 10.2 Å². The number of H-pyrrole nitrogens is 1. The molecule has 1 aliphatic rings. The van der Waals surface area contributed by atoms with Crippen molar-refractivity contribution in [1.82, 2.24) is 20.5 Å². The molecular weight excluding hydrogens is 250 g/mol. The molecule has 0 amide bonds. The fraction of sp³-hybridized carbons (Fsp3) is 0.467. The largest absolute Gasteiger partial charge is 0.337 e. The number of nitrogens with zero attached hydrogens (tertiary/aromatic N) is 3. The Morgan fingerprint density at radius 1 is 1.30 bits per heavy atom. The maximum Gasteiger partial charge on any atom is 0.244 e. The highest BCUT2D eigenvalue weighted by atomic mass is 15.4. The van der Waals surface area contributed by atoms with Crippen molar-refractivity contribution in [3.05, 3.63) is 41.2 Å². The van der Waals surface area contributed by atoms with Gasteiger partial charge in [0.15, 0.2) is 0 Å². The first-order valence-corrected chi connectivity index (χ1v) is 7.16. The van der Waals surface area contributed by atoms with Crippen LogP contribution in [0.1, 0.15) is 23.9 Å². The van der Waals surface area contributed by atoms with Crippen molar-refractivity contribution >= 4 is 5.95 Å². The number of rotatable bonds is 3. The summed E-state index contributed by atoms with van der Waals surface area (Å²) >= 11 is 0. The zero-order valence-corrected chi connectivity index (χ0v) is 12.1. The monoisotopic (exact) mass is 271 g/mol. The van der Waals surface area contributed by atoms with Crippen molar-refractivity contribution in [3.8, 4) is 0 Å². The molecule has 1 unspecified atom stereocenters. The number of piperazine rings is 1. The number of hydrogen-bond donors (Lipinski definition) is 2. The second kappa shape index (κ2) is 5.63. The van der Waals surface area contributed by atoms with E-state index in [-0.39, 0.29) is 0 Å². The third kappa shape index (κ3) is 2.99. The van der Waals surface area contributed by atoms with Crippen LogP contribution >= 0.6 is 0 Å². The molecule has 0 saturated carbocycles. The van der Waals surface area contributed by atoms with E-state index in [1.165, 1.54) is 11.1 Å². The van der Waals surface area contributed by atoms with Gasteiger partial charge in [-0.3, -0.25) is 5.10 Å². The van der Waals surface area contributed by atoms with Gasteiger partial charge in [-0.1, -0.05) is 29.8 Å². The standard InChI is InChI=1S/C15H21N5/c1-11-3-5-13(6-4-11)9-14-17-15(19-18-14)20-8-7-16-12(2)10-20/h3-6,12,16H,7-10H2,1-2H3,(H,17,18,19). The Balaban J connectivity index is 1.68. The number of aromatic nitrogens is 3. The van der Waals surface area contributed by atoms with E-state index in [4.69, 9.17) is 0 Å². The van der Waals surface area contributed by atoms with Gasteiger partial charge in [0.05, 0.1) is 0 Å². The van der Waals surface area contributed by atoms with Gasteiger partial charge < -0.3 is 10.2 Å². The van der Waals surface area contributed by atoms with Crippen LogP contribution in [0.2, 0.25) is 0 Å². The Morgan fingerprint density at radius 3 is 2.85 bits per heavy atom. The number of aromatic amines is 1. The minimum absolute atomic E-state index is 0.489. The van der Waals surface area contributed by atoms with Crippen LogP contribution in [0.15, 0.2) is 24.3 Å². The van der Waals surface area contributed by atoms with E-state index >= 15 is 0 Å². The summed E-state index contributed by atoms with van der Waals surface area (Å²) in [5, 5.41) is 10.8. The van der Waals surface area contributed by atoms with E-state index in [9.17, 15) is 0 Å². The average Bonchev–Trinajstić information content (AvgIpc) is 2.90. The van der Waals surface area contributed by atoms with Crippen molar-refractivity contribution in [2.24, 2.45) is 0 Å². The molecule has 2 aromatic rings. The van der Waals surface area contributed by atoms with E-state index in [0.29, 0.717) is 6.04 Å². The van der Waals surface area contributed by atoms with Gasteiger partial charge >= 0.3 is 0 Å². The Labute approximate surface area is 119 Å². The Hall–Kier alpha value is -1.88. The lowest BCUT2D eigenvalue weighted by Crippen LogP contribution is -2.49. The van der Waals surface area contributed by atoms with Gasteiger partial charge in [0.1, 0.15) is 5.82 Å². The molecule has 1 saturated heterocycles. The molecule has 3 rings (SSSR count).